The first-order valence-electron chi connectivity index (χ1n) is 4.34. The number of quaternary nitrogens is 1. The second kappa shape index (κ2) is 4.54. The van der Waals surface area contributed by atoms with Crippen molar-refractivity contribution in [1.29, 1.82) is 0 Å². The van der Waals surface area contributed by atoms with Crippen LogP contribution < -0.4 is 5.32 Å². The molecule has 1 aliphatic rings. The lowest BCUT2D eigenvalue weighted by atomic mass is 9.93. The molecular formula is C9H14NO2S+. The molecule has 0 amide bonds. The molecule has 1 saturated heterocycles. The van der Waals surface area contributed by atoms with Crippen LogP contribution in [0.1, 0.15) is 12.8 Å². The van der Waals surface area contributed by atoms with E-state index in [2.05, 4.69) is 23.9 Å². The SMILES string of the molecule is C#CC1(OC(=O)CS)CC[NH2+]CC1. The first kappa shape index (κ1) is 10.4. The number of carbonyl (C=O) groups is 1. The van der Waals surface area contributed by atoms with Gasteiger partial charge >= 0.3 is 5.97 Å². The van der Waals surface area contributed by atoms with E-state index in [0.717, 1.165) is 25.9 Å². The minimum atomic E-state index is -0.658. The van der Waals surface area contributed by atoms with Gasteiger partial charge in [0.05, 0.1) is 18.8 Å². The molecule has 1 rings (SSSR count). The van der Waals surface area contributed by atoms with Crippen LogP contribution in [-0.2, 0) is 9.53 Å². The third-order valence-corrected chi connectivity index (χ3v) is 2.46. The summed E-state index contributed by atoms with van der Waals surface area (Å²) in [7, 11) is 0. The molecule has 3 nitrogen and oxygen atoms in total. The van der Waals surface area contributed by atoms with E-state index in [0.29, 0.717) is 0 Å². The summed E-state index contributed by atoms with van der Waals surface area (Å²) in [6, 6.07) is 0. The topological polar surface area (TPSA) is 42.9 Å². The first-order chi connectivity index (χ1) is 6.22. The molecule has 0 unspecified atom stereocenters. The zero-order valence-electron chi connectivity index (χ0n) is 7.45. The fourth-order valence-electron chi connectivity index (χ4n) is 1.47. The first-order valence-corrected chi connectivity index (χ1v) is 4.98. The van der Waals surface area contributed by atoms with Crippen LogP contribution in [0, 0.1) is 12.3 Å². The van der Waals surface area contributed by atoms with Crippen LogP contribution in [0.25, 0.3) is 0 Å². The molecule has 2 N–H and O–H groups in total. The number of piperidine rings is 1. The highest BCUT2D eigenvalue weighted by Gasteiger charge is 2.35. The number of ether oxygens (including phenoxy) is 1. The van der Waals surface area contributed by atoms with E-state index in [-0.39, 0.29) is 11.7 Å². The Bertz CT molecular complexity index is 228. The van der Waals surface area contributed by atoms with Crippen LogP contribution in [0.4, 0.5) is 0 Å². The fraction of sp³-hybridized carbons (Fsp3) is 0.667. The Kier molecular flexibility index (Phi) is 3.64. The van der Waals surface area contributed by atoms with Crippen molar-refractivity contribution in [2.45, 2.75) is 18.4 Å². The number of esters is 1. The molecule has 1 aliphatic heterocycles. The van der Waals surface area contributed by atoms with Gasteiger partial charge in [0.25, 0.3) is 0 Å². The smallest absolute Gasteiger partial charge is 0.317 e. The second-order valence-corrected chi connectivity index (χ2v) is 3.45. The number of hydrogen-bond donors (Lipinski definition) is 2. The zero-order valence-corrected chi connectivity index (χ0v) is 8.35. The average molecular weight is 200 g/mol. The highest BCUT2D eigenvalue weighted by molar-refractivity contribution is 7.81. The van der Waals surface area contributed by atoms with Gasteiger partial charge in [0.1, 0.15) is 0 Å². The highest BCUT2D eigenvalue weighted by Crippen LogP contribution is 2.20. The van der Waals surface area contributed by atoms with Gasteiger partial charge in [-0.25, -0.2) is 0 Å². The van der Waals surface area contributed by atoms with Gasteiger partial charge in [0.2, 0.25) is 0 Å². The third kappa shape index (κ3) is 2.64. The lowest BCUT2D eigenvalue weighted by Gasteiger charge is -2.30. The normalized spacial score (nSPS) is 20.3. The van der Waals surface area contributed by atoms with Crippen LogP contribution in [0.15, 0.2) is 0 Å². The summed E-state index contributed by atoms with van der Waals surface area (Å²) in [5, 5.41) is 2.17. The van der Waals surface area contributed by atoms with Crippen LogP contribution in [0.2, 0.25) is 0 Å². The van der Waals surface area contributed by atoms with Crippen LogP contribution in [0.3, 0.4) is 0 Å². The molecule has 72 valence electrons. The molecule has 1 fully saturated rings. The molecule has 0 spiro atoms. The summed E-state index contributed by atoms with van der Waals surface area (Å²) >= 11 is 3.84. The van der Waals surface area contributed by atoms with Gasteiger partial charge in [-0.1, -0.05) is 5.92 Å². The van der Waals surface area contributed by atoms with Gasteiger partial charge in [0.15, 0.2) is 5.60 Å². The second-order valence-electron chi connectivity index (χ2n) is 3.14. The summed E-state index contributed by atoms with van der Waals surface area (Å²) in [6.45, 7) is 1.84. The molecule has 0 aromatic heterocycles. The Morgan fingerprint density at radius 3 is 2.69 bits per heavy atom. The van der Waals surface area contributed by atoms with Gasteiger partial charge in [-0.05, 0) is 0 Å². The molecule has 0 aliphatic carbocycles. The van der Waals surface area contributed by atoms with Gasteiger partial charge in [-0.2, -0.15) is 12.6 Å². The molecule has 1 heterocycles. The van der Waals surface area contributed by atoms with Crippen LogP contribution in [0.5, 0.6) is 0 Å². The van der Waals surface area contributed by atoms with Crippen molar-refractivity contribution in [2.75, 3.05) is 18.8 Å². The Balaban J connectivity index is 2.59. The molecule has 0 radical (unpaired) electrons. The highest BCUT2D eigenvalue weighted by atomic mass is 32.1. The minimum Gasteiger partial charge on any atom is -0.445 e. The van der Waals surface area contributed by atoms with Crippen molar-refractivity contribution in [1.82, 2.24) is 0 Å². The number of rotatable bonds is 2. The molecule has 0 saturated carbocycles. The summed E-state index contributed by atoms with van der Waals surface area (Å²) in [5.74, 6) is 2.35. The lowest BCUT2D eigenvalue weighted by Crippen LogP contribution is -2.88. The lowest BCUT2D eigenvalue weighted by molar-refractivity contribution is -0.666. The van der Waals surface area contributed by atoms with Crippen molar-refractivity contribution >= 4 is 18.6 Å². The fourth-order valence-corrected chi connectivity index (χ4v) is 1.53. The Morgan fingerprint density at radius 1 is 1.62 bits per heavy atom. The summed E-state index contributed by atoms with van der Waals surface area (Å²) in [5.41, 5.74) is -0.658. The van der Waals surface area contributed by atoms with E-state index in [1.165, 1.54) is 0 Å². The van der Waals surface area contributed by atoms with Crippen molar-refractivity contribution in [2.24, 2.45) is 0 Å². The summed E-state index contributed by atoms with van der Waals surface area (Å²) in [4.78, 5) is 11.0. The molecule has 0 atom stereocenters. The van der Waals surface area contributed by atoms with Crippen molar-refractivity contribution in [3.05, 3.63) is 0 Å². The van der Waals surface area contributed by atoms with E-state index in [1.807, 2.05) is 0 Å². The predicted octanol–water partition coefficient (Wildman–Crippen LogP) is -0.811. The van der Waals surface area contributed by atoms with Crippen molar-refractivity contribution in [3.63, 3.8) is 0 Å². The Labute approximate surface area is 83.6 Å². The third-order valence-electron chi connectivity index (χ3n) is 2.21. The Hall–Kier alpha value is -0.660. The largest absolute Gasteiger partial charge is 0.445 e. The maximum atomic E-state index is 11.0. The van der Waals surface area contributed by atoms with E-state index in [1.54, 1.807) is 0 Å². The molecule has 0 aromatic carbocycles. The maximum absolute atomic E-state index is 11.0. The van der Waals surface area contributed by atoms with E-state index in [4.69, 9.17) is 11.2 Å². The minimum absolute atomic E-state index is 0.0904. The Morgan fingerprint density at radius 2 is 2.23 bits per heavy atom. The van der Waals surface area contributed by atoms with Crippen molar-refractivity contribution in [3.8, 4) is 12.3 Å². The standard InChI is InChI=1S/C9H13NO2S/c1-2-9(12-8(11)7-13)3-5-10-6-4-9/h1,10,13H,3-7H2/p+1. The van der Waals surface area contributed by atoms with E-state index < -0.39 is 5.60 Å². The molecular weight excluding hydrogens is 186 g/mol. The predicted molar refractivity (Wildman–Crippen MR) is 52.4 cm³/mol. The van der Waals surface area contributed by atoms with E-state index >= 15 is 0 Å². The molecule has 13 heavy (non-hydrogen) atoms. The van der Waals surface area contributed by atoms with Crippen molar-refractivity contribution < 1.29 is 14.8 Å². The van der Waals surface area contributed by atoms with Crippen LogP contribution >= 0.6 is 12.6 Å². The van der Waals surface area contributed by atoms with Gasteiger partial charge in [-0.3, -0.25) is 4.79 Å². The average Bonchev–Trinajstić information content (AvgIpc) is 2.19. The number of thiol groups is 1. The van der Waals surface area contributed by atoms with Gasteiger partial charge < -0.3 is 10.1 Å². The van der Waals surface area contributed by atoms with E-state index in [9.17, 15) is 4.79 Å². The zero-order chi connectivity index (χ0) is 9.73. The van der Waals surface area contributed by atoms with Gasteiger partial charge in [0, 0.05) is 12.8 Å². The summed E-state index contributed by atoms with van der Waals surface area (Å²) in [6.07, 6.45) is 6.85. The number of carbonyl (C=O) groups excluding carboxylic acids is 1. The molecule has 4 heteroatoms. The monoisotopic (exact) mass is 200 g/mol. The summed E-state index contributed by atoms with van der Waals surface area (Å²) < 4.78 is 5.21. The number of terminal acetylenes is 1. The molecule has 0 bridgehead atoms. The van der Waals surface area contributed by atoms with Gasteiger partial charge in [-0.15, -0.1) is 6.42 Å². The number of nitrogens with two attached hydrogens (primary N) is 1. The van der Waals surface area contributed by atoms with Crippen LogP contribution in [-0.4, -0.2) is 30.4 Å². The maximum Gasteiger partial charge on any atom is 0.317 e. The number of hydrogen-bond acceptors (Lipinski definition) is 3. The quantitative estimate of drug-likeness (QED) is 0.348. The molecule has 0 aromatic rings.